The van der Waals surface area contributed by atoms with Crippen molar-refractivity contribution in [3.63, 3.8) is 0 Å². The summed E-state index contributed by atoms with van der Waals surface area (Å²) in [4.78, 5) is 16.8. The van der Waals surface area contributed by atoms with Crippen LogP contribution in [0.3, 0.4) is 0 Å². The van der Waals surface area contributed by atoms with Crippen molar-refractivity contribution in [2.24, 2.45) is 0 Å². The van der Waals surface area contributed by atoms with Gasteiger partial charge in [0.05, 0.1) is 11.8 Å². The Labute approximate surface area is 148 Å². The number of rotatable bonds is 4. The number of hydrogen-bond donors (Lipinski definition) is 0. The SMILES string of the molecule is Cc1ccc(CN2CCCN(C(=O)Cn3cc(C#N)cn3)CC2)cc1. The lowest BCUT2D eigenvalue weighted by Gasteiger charge is -2.22. The van der Waals surface area contributed by atoms with Crippen LogP contribution in [0, 0.1) is 18.3 Å². The minimum Gasteiger partial charge on any atom is -0.340 e. The van der Waals surface area contributed by atoms with E-state index in [0.717, 1.165) is 39.1 Å². The molecule has 2 heterocycles. The van der Waals surface area contributed by atoms with Gasteiger partial charge in [0.1, 0.15) is 12.6 Å². The van der Waals surface area contributed by atoms with E-state index in [2.05, 4.69) is 41.2 Å². The molecule has 2 aromatic rings. The number of hydrogen-bond acceptors (Lipinski definition) is 4. The molecule has 1 aliphatic rings. The van der Waals surface area contributed by atoms with Gasteiger partial charge in [-0.25, -0.2) is 0 Å². The number of nitriles is 1. The molecule has 0 bridgehead atoms. The van der Waals surface area contributed by atoms with Crippen LogP contribution in [0.5, 0.6) is 0 Å². The Balaban J connectivity index is 1.53. The molecule has 0 aliphatic carbocycles. The second kappa shape index (κ2) is 7.95. The third-order valence-electron chi connectivity index (χ3n) is 4.53. The highest BCUT2D eigenvalue weighted by atomic mass is 16.2. The van der Waals surface area contributed by atoms with Gasteiger partial charge in [-0.1, -0.05) is 29.8 Å². The summed E-state index contributed by atoms with van der Waals surface area (Å²) in [6, 6.07) is 10.7. The van der Waals surface area contributed by atoms with Crippen LogP contribution in [0.4, 0.5) is 0 Å². The molecule has 0 spiro atoms. The van der Waals surface area contributed by atoms with E-state index in [1.807, 2.05) is 11.0 Å². The van der Waals surface area contributed by atoms with Crippen molar-refractivity contribution in [3.8, 4) is 6.07 Å². The molecule has 0 saturated carbocycles. The van der Waals surface area contributed by atoms with Crippen LogP contribution in [0.1, 0.15) is 23.1 Å². The van der Waals surface area contributed by atoms with Crippen molar-refractivity contribution >= 4 is 5.91 Å². The Morgan fingerprint density at radius 3 is 2.72 bits per heavy atom. The van der Waals surface area contributed by atoms with E-state index >= 15 is 0 Å². The summed E-state index contributed by atoms with van der Waals surface area (Å²) in [7, 11) is 0. The maximum Gasteiger partial charge on any atom is 0.244 e. The van der Waals surface area contributed by atoms with E-state index in [9.17, 15) is 4.79 Å². The van der Waals surface area contributed by atoms with E-state index in [1.54, 1.807) is 6.20 Å². The topological polar surface area (TPSA) is 65.2 Å². The number of carbonyl (C=O) groups is 1. The highest BCUT2D eigenvalue weighted by molar-refractivity contribution is 5.76. The fourth-order valence-electron chi connectivity index (χ4n) is 3.08. The smallest absolute Gasteiger partial charge is 0.244 e. The fourth-order valence-corrected chi connectivity index (χ4v) is 3.08. The lowest BCUT2D eigenvalue weighted by Crippen LogP contribution is -2.37. The highest BCUT2D eigenvalue weighted by Crippen LogP contribution is 2.11. The molecule has 6 heteroatoms. The average Bonchev–Trinajstić information content (AvgIpc) is 2.93. The number of benzene rings is 1. The van der Waals surface area contributed by atoms with Gasteiger partial charge in [0.15, 0.2) is 0 Å². The molecule has 1 aromatic carbocycles. The first-order chi connectivity index (χ1) is 12.1. The second-order valence-electron chi connectivity index (χ2n) is 6.53. The van der Waals surface area contributed by atoms with Gasteiger partial charge in [-0.3, -0.25) is 14.4 Å². The predicted octanol–water partition coefficient (Wildman–Crippen LogP) is 1.80. The van der Waals surface area contributed by atoms with E-state index in [-0.39, 0.29) is 12.5 Å². The molecule has 3 rings (SSSR count). The van der Waals surface area contributed by atoms with Crippen LogP contribution >= 0.6 is 0 Å². The molecule has 1 aromatic heterocycles. The third-order valence-corrected chi connectivity index (χ3v) is 4.53. The molecule has 130 valence electrons. The zero-order chi connectivity index (χ0) is 17.6. The fraction of sp³-hybridized carbons (Fsp3) is 0.421. The number of aryl methyl sites for hydroxylation is 1. The molecule has 1 amide bonds. The first kappa shape index (κ1) is 17.2. The molecule has 1 saturated heterocycles. The molecule has 0 N–H and O–H groups in total. The minimum atomic E-state index is 0.0600. The predicted molar refractivity (Wildman–Crippen MR) is 94.6 cm³/mol. The van der Waals surface area contributed by atoms with Crippen LogP contribution in [0.2, 0.25) is 0 Å². The Morgan fingerprint density at radius 1 is 1.20 bits per heavy atom. The molecule has 6 nitrogen and oxygen atoms in total. The van der Waals surface area contributed by atoms with Gasteiger partial charge in [-0.15, -0.1) is 0 Å². The monoisotopic (exact) mass is 337 g/mol. The summed E-state index contributed by atoms with van der Waals surface area (Å²) in [6.07, 6.45) is 4.07. The average molecular weight is 337 g/mol. The molecule has 0 unspecified atom stereocenters. The van der Waals surface area contributed by atoms with Crippen molar-refractivity contribution in [2.75, 3.05) is 26.2 Å². The van der Waals surface area contributed by atoms with E-state index in [0.29, 0.717) is 5.56 Å². The van der Waals surface area contributed by atoms with Gasteiger partial charge in [0.2, 0.25) is 5.91 Å². The molecular weight excluding hydrogens is 314 g/mol. The lowest BCUT2D eigenvalue weighted by molar-refractivity contribution is -0.131. The second-order valence-corrected chi connectivity index (χ2v) is 6.53. The first-order valence-electron chi connectivity index (χ1n) is 8.62. The van der Waals surface area contributed by atoms with Gasteiger partial charge in [0.25, 0.3) is 0 Å². The summed E-state index contributed by atoms with van der Waals surface area (Å²) in [5.74, 6) is 0.0600. The molecule has 0 radical (unpaired) electrons. The number of aromatic nitrogens is 2. The quantitative estimate of drug-likeness (QED) is 0.853. The van der Waals surface area contributed by atoms with Crippen molar-refractivity contribution < 1.29 is 4.79 Å². The molecular formula is C19H23N5O. The summed E-state index contributed by atoms with van der Waals surface area (Å²) < 4.78 is 1.54. The van der Waals surface area contributed by atoms with Crippen molar-refractivity contribution in [3.05, 3.63) is 53.3 Å². The van der Waals surface area contributed by atoms with Gasteiger partial charge in [-0.2, -0.15) is 10.4 Å². The Kier molecular flexibility index (Phi) is 5.46. The number of nitrogens with zero attached hydrogens (tertiary/aromatic N) is 5. The van der Waals surface area contributed by atoms with Crippen LogP contribution in [0.15, 0.2) is 36.7 Å². The summed E-state index contributed by atoms with van der Waals surface area (Å²) in [5.41, 5.74) is 3.06. The highest BCUT2D eigenvalue weighted by Gasteiger charge is 2.19. The molecule has 0 atom stereocenters. The van der Waals surface area contributed by atoms with Crippen molar-refractivity contribution in [1.82, 2.24) is 19.6 Å². The maximum atomic E-state index is 12.5. The van der Waals surface area contributed by atoms with Crippen LogP contribution in [-0.2, 0) is 17.9 Å². The van der Waals surface area contributed by atoms with E-state index < -0.39 is 0 Å². The number of amides is 1. The van der Waals surface area contributed by atoms with Crippen molar-refractivity contribution in [2.45, 2.75) is 26.4 Å². The van der Waals surface area contributed by atoms with Gasteiger partial charge in [0, 0.05) is 38.9 Å². The Bertz CT molecular complexity index is 759. The molecule has 1 fully saturated rings. The van der Waals surface area contributed by atoms with Crippen LogP contribution in [0.25, 0.3) is 0 Å². The largest absolute Gasteiger partial charge is 0.340 e. The summed E-state index contributed by atoms with van der Waals surface area (Å²) in [6.45, 7) is 6.60. The summed E-state index contributed by atoms with van der Waals surface area (Å²) >= 11 is 0. The van der Waals surface area contributed by atoms with Crippen LogP contribution in [-0.4, -0.2) is 51.7 Å². The number of carbonyl (C=O) groups excluding carboxylic acids is 1. The zero-order valence-corrected chi connectivity index (χ0v) is 14.6. The van der Waals surface area contributed by atoms with Gasteiger partial charge >= 0.3 is 0 Å². The molecule has 1 aliphatic heterocycles. The zero-order valence-electron chi connectivity index (χ0n) is 14.6. The van der Waals surface area contributed by atoms with Gasteiger partial charge < -0.3 is 4.90 Å². The van der Waals surface area contributed by atoms with E-state index in [1.165, 1.54) is 22.0 Å². The van der Waals surface area contributed by atoms with Crippen LogP contribution < -0.4 is 0 Å². The standard InChI is InChI=1S/C19H23N5O/c1-16-3-5-17(6-4-16)13-22-7-2-8-23(10-9-22)19(25)15-24-14-18(11-20)12-21-24/h3-6,12,14H,2,7-10,13,15H2,1H3. The normalized spacial score (nSPS) is 15.6. The molecule has 25 heavy (non-hydrogen) atoms. The lowest BCUT2D eigenvalue weighted by atomic mass is 10.1. The van der Waals surface area contributed by atoms with E-state index in [4.69, 9.17) is 5.26 Å². The van der Waals surface area contributed by atoms with Gasteiger partial charge in [-0.05, 0) is 18.9 Å². The Morgan fingerprint density at radius 2 is 2.00 bits per heavy atom. The summed E-state index contributed by atoms with van der Waals surface area (Å²) in [5, 5.41) is 12.9. The van der Waals surface area contributed by atoms with Crippen molar-refractivity contribution in [1.29, 1.82) is 5.26 Å². The first-order valence-corrected chi connectivity index (χ1v) is 8.62. The minimum absolute atomic E-state index is 0.0600. The third kappa shape index (κ3) is 4.68. The Hall–Kier alpha value is -2.65. The maximum absolute atomic E-state index is 12.5.